The Labute approximate surface area is 117 Å². The predicted molar refractivity (Wildman–Crippen MR) is 81.9 cm³/mol. The van der Waals surface area contributed by atoms with Crippen molar-refractivity contribution >= 4 is 28.7 Å². The molecular weight excluding hydrogens is 256 g/mol. The molecule has 0 saturated heterocycles. The summed E-state index contributed by atoms with van der Waals surface area (Å²) in [6, 6.07) is 9.97. The molecule has 98 valence electrons. The summed E-state index contributed by atoms with van der Waals surface area (Å²) in [5, 5.41) is -0.0388. The van der Waals surface area contributed by atoms with Crippen LogP contribution < -0.4 is 0 Å². The molecule has 1 aromatic rings. The second-order valence-corrected chi connectivity index (χ2v) is 4.91. The molecule has 0 radical (unpaired) electrons. The lowest BCUT2D eigenvalue weighted by Crippen LogP contribution is -1.98. The summed E-state index contributed by atoms with van der Waals surface area (Å²) >= 11 is 1.03. The number of ketones is 1. The van der Waals surface area contributed by atoms with E-state index in [1.165, 1.54) is 13.0 Å². The average Bonchev–Trinajstić information content (AvgIpc) is 2.41. The van der Waals surface area contributed by atoms with Gasteiger partial charge in [0.15, 0.2) is 10.9 Å². The third-order valence-electron chi connectivity index (χ3n) is 2.12. The Bertz CT molecular complexity index is 499. The first-order chi connectivity index (χ1) is 9.18. The SMILES string of the molecule is CC(=O)SCC(=O)C=CC=CC=Cc1ccccc1. The molecule has 2 nitrogen and oxygen atoms in total. The number of hydrogen-bond acceptors (Lipinski definition) is 3. The van der Waals surface area contributed by atoms with Gasteiger partial charge in [-0.2, -0.15) is 0 Å². The quantitative estimate of drug-likeness (QED) is 0.585. The van der Waals surface area contributed by atoms with Crippen LogP contribution in [0.2, 0.25) is 0 Å². The van der Waals surface area contributed by atoms with Gasteiger partial charge in [-0.25, -0.2) is 0 Å². The van der Waals surface area contributed by atoms with Gasteiger partial charge in [0.25, 0.3) is 0 Å². The van der Waals surface area contributed by atoms with E-state index in [0.29, 0.717) is 0 Å². The molecule has 0 N–H and O–H groups in total. The number of hydrogen-bond donors (Lipinski definition) is 0. The Hall–Kier alpha value is -1.87. The van der Waals surface area contributed by atoms with Gasteiger partial charge in [0.1, 0.15) is 0 Å². The minimum Gasteiger partial charge on any atom is -0.294 e. The van der Waals surface area contributed by atoms with Gasteiger partial charge in [-0.05, 0) is 11.6 Å². The van der Waals surface area contributed by atoms with Gasteiger partial charge in [0.2, 0.25) is 0 Å². The minimum atomic E-state index is -0.0584. The second-order valence-electron chi connectivity index (χ2n) is 3.76. The van der Waals surface area contributed by atoms with Crippen LogP contribution in [0.3, 0.4) is 0 Å². The first-order valence-electron chi connectivity index (χ1n) is 5.91. The molecule has 0 fully saturated rings. The summed E-state index contributed by atoms with van der Waals surface area (Å²) in [5.74, 6) is 0.149. The van der Waals surface area contributed by atoms with Crippen LogP contribution in [0.15, 0.2) is 60.7 Å². The highest BCUT2D eigenvalue weighted by Crippen LogP contribution is 2.02. The molecule has 19 heavy (non-hydrogen) atoms. The van der Waals surface area contributed by atoms with E-state index in [0.717, 1.165) is 17.3 Å². The molecule has 0 bridgehead atoms. The first-order valence-corrected chi connectivity index (χ1v) is 6.89. The molecule has 0 spiro atoms. The van der Waals surface area contributed by atoms with Crippen molar-refractivity contribution in [1.82, 2.24) is 0 Å². The highest BCUT2D eigenvalue weighted by Gasteiger charge is 1.98. The molecule has 0 aromatic heterocycles. The topological polar surface area (TPSA) is 34.1 Å². The second kappa shape index (κ2) is 9.11. The minimum absolute atomic E-state index is 0.0388. The smallest absolute Gasteiger partial charge is 0.186 e. The van der Waals surface area contributed by atoms with Crippen molar-refractivity contribution in [3.8, 4) is 0 Å². The van der Waals surface area contributed by atoms with E-state index in [1.54, 1.807) is 12.2 Å². The van der Waals surface area contributed by atoms with Crippen molar-refractivity contribution < 1.29 is 9.59 Å². The standard InChI is InChI=1S/C16H16O2S/c1-14(17)19-13-16(18)12-8-3-2-5-9-15-10-6-4-7-11-15/h2-12H,13H2,1H3. The molecule has 1 aromatic carbocycles. The molecule has 0 unspecified atom stereocenters. The van der Waals surface area contributed by atoms with Crippen molar-refractivity contribution in [2.75, 3.05) is 5.75 Å². The van der Waals surface area contributed by atoms with Crippen LogP contribution in [0.1, 0.15) is 12.5 Å². The maximum absolute atomic E-state index is 11.3. The highest BCUT2D eigenvalue weighted by atomic mass is 32.2. The van der Waals surface area contributed by atoms with Crippen molar-refractivity contribution in [2.24, 2.45) is 0 Å². The Morgan fingerprint density at radius 3 is 2.42 bits per heavy atom. The lowest BCUT2D eigenvalue weighted by atomic mass is 10.2. The zero-order valence-electron chi connectivity index (χ0n) is 10.8. The van der Waals surface area contributed by atoms with E-state index in [2.05, 4.69) is 0 Å². The Morgan fingerprint density at radius 1 is 1.05 bits per heavy atom. The van der Waals surface area contributed by atoms with Gasteiger partial charge in [-0.3, -0.25) is 9.59 Å². The molecule has 0 atom stereocenters. The monoisotopic (exact) mass is 272 g/mol. The molecule has 0 aliphatic carbocycles. The third-order valence-corrected chi connectivity index (χ3v) is 2.96. The lowest BCUT2D eigenvalue weighted by molar-refractivity contribution is -0.113. The Balaban J connectivity index is 2.32. The fourth-order valence-electron chi connectivity index (χ4n) is 1.24. The molecule has 0 aliphatic rings. The van der Waals surface area contributed by atoms with Crippen LogP contribution >= 0.6 is 11.8 Å². The van der Waals surface area contributed by atoms with E-state index in [-0.39, 0.29) is 16.7 Å². The number of thioether (sulfide) groups is 1. The largest absolute Gasteiger partial charge is 0.294 e. The number of benzene rings is 1. The molecule has 0 saturated carbocycles. The van der Waals surface area contributed by atoms with Crippen LogP contribution in [-0.2, 0) is 9.59 Å². The normalized spacial score (nSPS) is 11.6. The summed E-state index contributed by atoms with van der Waals surface area (Å²) in [4.78, 5) is 22.0. The van der Waals surface area contributed by atoms with Crippen molar-refractivity contribution in [3.05, 3.63) is 66.3 Å². The molecule has 0 heterocycles. The molecule has 0 amide bonds. The van der Waals surface area contributed by atoms with Gasteiger partial charge in [-0.15, -0.1) is 0 Å². The number of allylic oxidation sites excluding steroid dienone is 5. The van der Waals surface area contributed by atoms with E-state index in [4.69, 9.17) is 0 Å². The zero-order chi connectivity index (χ0) is 13.9. The molecular formula is C16H16O2S. The lowest BCUT2D eigenvalue weighted by Gasteiger charge is -1.90. The molecule has 1 rings (SSSR count). The maximum Gasteiger partial charge on any atom is 0.186 e. The summed E-state index contributed by atoms with van der Waals surface area (Å²) in [7, 11) is 0. The first kappa shape index (κ1) is 15.2. The van der Waals surface area contributed by atoms with Crippen molar-refractivity contribution in [3.63, 3.8) is 0 Å². The summed E-state index contributed by atoms with van der Waals surface area (Å²) in [5.41, 5.74) is 1.13. The van der Waals surface area contributed by atoms with E-state index < -0.39 is 0 Å². The summed E-state index contributed by atoms with van der Waals surface area (Å²) in [6.07, 6.45) is 10.7. The number of carbonyl (C=O) groups is 2. The highest BCUT2D eigenvalue weighted by molar-refractivity contribution is 8.14. The van der Waals surface area contributed by atoms with Gasteiger partial charge < -0.3 is 0 Å². The average molecular weight is 272 g/mol. The summed E-state index contributed by atoms with van der Waals surface area (Å²) < 4.78 is 0. The van der Waals surface area contributed by atoms with Gasteiger partial charge in [-0.1, -0.05) is 72.5 Å². The van der Waals surface area contributed by atoms with Crippen molar-refractivity contribution in [1.29, 1.82) is 0 Å². The van der Waals surface area contributed by atoms with Crippen molar-refractivity contribution in [2.45, 2.75) is 6.92 Å². The van der Waals surface area contributed by atoms with Crippen LogP contribution in [0.4, 0.5) is 0 Å². The Morgan fingerprint density at radius 2 is 1.74 bits per heavy atom. The van der Waals surface area contributed by atoms with Gasteiger partial charge >= 0.3 is 0 Å². The third kappa shape index (κ3) is 7.95. The molecule has 0 aliphatic heterocycles. The van der Waals surface area contributed by atoms with E-state index >= 15 is 0 Å². The number of carbonyl (C=O) groups excluding carboxylic acids is 2. The van der Waals surface area contributed by atoms with Gasteiger partial charge in [0.05, 0.1) is 5.75 Å². The van der Waals surface area contributed by atoms with Crippen LogP contribution in [0.25, 0.3) is 6.08 Å². The van der Waals surface area contributed by atoms with E-state index in [1.807, 2.05) is 48.6 Å². The zero-order valence-corrected chi connectivity index (χ0v) is 11.6. The number of rotatable bonds is 6. The fourth-order valence-corrected chi connectivity index (χ4v) is 1.68. The van der Waals surface area contributed by atoms with Crippen LogP contribution in [0.5, 0.6) is 0 Å². The maximum atomic E-state index is 11.3. The molecule has 3 heteroatoms. The predicted octanol–water partition coefficient (Wildman–Crippen LogP) is 3.66. The van der Waals surface area contributed by atoms with Crippen LogP contribution in [-0.4, -0.2) is 16.7 Å². The van der Waals surface area contributed by atoms with Crippen LogP contribution in [0, 0.1) is 0 Å². The fraction of sp³-hybridized carbons (Fsp3) is 0.125. The summed E-state index contributed by atoms with van der Waals surface area (Å²) in [6.45, 7) is 1.45. The Kier molecular flexibility index (Phi) is 7.28. The van der Waals surface area contributed by atoms with E-state index in [9.17, 15) is 9.59 Å². The van der Waals surface area contributed by atoms with Gasteiger partial charge in [0, 0.05) is 6.92 Å².